The number of benzene rings is 2. The Hall–Kier alpha value is -1.81. The molecule has 0 spiro atoms. The molecule has 1 aliphatic heterocycles. The van der Waals surface area contributed by atoms with Gasteiger partial charge in [0, 0.05) is 28.8 Å². The van der Waals surface area contributed by atoms with Crippen LogP contribution < -0.4 is 5.73 Å². The summed E-state index contributed by atoms with van der Waals surface area (Å²) in [5.41, 5.74) is 11.0. The highest BCUT2D eigenvalue weighted by Crippen LogP contribution is 2.26. The van der Waals surface area contributed by atoms with Crippen molar-refractivity contribution in [1.29, 1.82) is 0 Å². The summed E-state index contributed by atoms with van der Waals surface area (Å²) in [4.78, 5) is 14.5. The number of anilines is 1. The number of hydrogen-bond donors (Lipinski definition) is 1. The number of amides is 1. The van der Waals surface area contributed by atoms with Crippen molar-refractivity contribution in [2.75, 3.05) is 12.3 Å². The first-order valence-corrected chi connectivity index (χ1v) is 7.77. The molecule has 108 valence electrons. The van der Waals surface area contributed by atoms with Crippen molar-refractivity contribution in [3.63, 3.8) is 0 Å². The summed E-state index contributed by atoms with van der Waals surface area (Å²) < 4.78 is 0.968. The molecule has 0 unspecified atom stereocenters. The fourth-order valence-electron chi connectivity index (χ4n) is 2.72. The van der Waals surface area contributed by atoms with Gasteiger partial charge in [0.15, 0.2) is 0 Å². The van der Waals surface area contributed by atoms with Crippen LogP contribution in [-0.4, -0.2) is 17.4 Å². The van der Waals surface area contributed by atoms with Crippen molar-refractivity contribution in [3.05, 3.63) is 63.1 Å². The number of nitrogen functional groups attached to an aromatic ring is 1. The lowest BCUT2D eigenvalue weighted by atomic mass is 9.97. The molecule has 3 rings (SSSR count). The van der Waals surface area contributed by atoms with E-state index in [1.54, 1.807) is 0 Å². The molecule has 1 heterocycles. The Bertz CT molecular complexity index is 712. The van der Waals surface area contributed by atoms with Crippen LogP contribution in [0.5, 0.6) is 0 Å². The smallest absolute Gasteiger partial charge is 0.254 e. The molecule has 0 saturated carbocycles. The van der Waals surface area contributed by atoms with Crippen molar-refractivity contribution in [2.24, 2.45) is 0 Å². The van der Waals surface area contributed by atoms with Gasteiger partial charge < -0.3 is 10.6 Å². The summed E-state index contributed by atoms with van der Waals surface area (Å²) in [6.07, 6.45) is 0.820. The van der Waals surface area contributed by atoms with Crippen LogP contribution in [0.2, 0.25) is 0 Å². The maximum absolute atomic E-state index is 12.6. The maximum Gasteiger partial charge on any atom is 0.254 e. The van der Waals surface area contributed by atoms with Gasteiger partial charge >= 0.3 is 0 Å². The van der Waals surface area contributed by atoms with E-state index in [4.69, 9.17) is 5.73 Å². The van der Waals surface area contributed by atoms with E-state index in [9.17, 15) is 4.79 Å². The van der Waals surface area contributed by atoms with Gasteiger partial charge in [-0.05, 0) is 48.2 Å². The van der Waals surface area contributed by atoms with Gasteiger partial charge in [0.05, 0.1) is 0 Å². The summed E-state index contributed by atoms with van der Waals surface area (Å²) in [7, 11) is 0. The first-order valence-electron chi connectivity index (χ1n) is 6.98. The third kappa shape index (κ3) is 2.68. The second-order valence-electron chi connectivity index (χ2n) is 5.43. The van der Waals surface area contributed by atoms with Crippen LogP contribution in [0.15, 0.2) is 40.9 Å². The summed E-state index contributed by atoms with van der Waals surface area (Å²) >= 11 is 3.49. The standard InChI is InChI=1S/C17H17BrN2O/c1-11-5-6-12(9-15(11)18)17(21)20-8-7-14-13(10-20)3-2-4-16(14)19/h2-6,9H,7-8,10,19H2,1H3. The van der Waals surface area contributed by atoms with E-state index < -0.39 is 0 Å². The van der Waals surface area contributed by atoms with Crippen LogP contribution >= 0.6 is 15.9 Å². The molecule has 1 aliphatic rings. The monoisotopic (exact) mass is 344 g/mol. The molecule has 2 aromatic carbocycles. The molecular weight excluding hydrogens is 328 g/mol. The largest absolute Gasteiger partial charge is 0.398 e. The average molecular weight is 345 g/mol. The number of nitrogens with zero attached hydrogens (tertiary/aromatic N) is 1. The highest BCUT2D eigenvalue weighted by Gasteiger charge is 2.23. The molecule has 21 heavy (non-hydrogen) atoms. The SMILES string of the molecule is Cc1ccc(C(=O)N2CCc3c(N)cccc3C2)cc1Br. The molecular formula is C17H17BrN2O. The Kier molecular flexibility index (Phi) is 3.72. The van der Waals surface area contributed by atoms with Crippen molar-refractivity contribution < 1.29 is 4.79 Å². The fraction of sp³-hybridized carbons (Fsp3) is 0.235. The topological polar surface area (TPSA) is 46.3 Å². The Morgan fingerprint density at radius 1 is 1.29 bits per heavy atom. The van der Waals surface area contributed by atoms with Crippen LogP contribution in [0.4, 0.5) is 5.69 Å². The number of carbonyl (C=O) groups is 1. The molecule has 1 amide bonds. The van der Waals surface area contributed by atoms with Crippen molar-refractivity contribution in [3.8, 4) is 0 Å². The van der Waals surface area contributed by atoms with E-state index in [0.29, 0.717) is 13.1 Å². The van der Waals surface area contributed by atoms with Gasteiger partial charge in [-0.3, -0.25) is 4.79 Å². The van der Waals surface area contributed by atoms with E-state index in [2.05, 4.69) is 22.0 Å². The molecule has 4 heteroatoms. The molecule has 0 saturated heterocycles. The van der Waals surface area contributed by atoms with Crippen LogP contribution in [-0.2, 0) is 13.0 Å². The zero-order valence-corrected chi connectivity index (χ0v) is 13.5. The molecule has 2 N–H and O–H groups in total. The van der Waals surface area contributed by atoms with Crippen molar-refractivity contribution in [2.45, 2.75) is 19.9 Å². The molecule has 0 bridgehead atoms. The molecule has 3 nitrogen and oxygen atoms in total. The Morgan fingerprint density at radius 3 is 2.86 bits per heavy atom. The number of fused-ring (bicyclic) bond motifs is 1. The van der Waals surface area contributed by atoms with Gasteiger partial charge in [-0.1, -0.05) is 34.1 Å². The normalized spacial score (nSPS) is 13.9. The van der Waals surface area contributed by atoms with E-state index in [-0.39, 0.29) is 5.91 Å². The first kappa shape index (κ1) is 14.1. The lowest BCUT2D eigenvalue weighted by Gasteiger charge is -2.29. The maximum atomic E-state index is 12.6. The Morgan fingerprint density at radius 2 is 2.10 bits per heavy atom. The third-order valence-corrected chi connectivity index (χ3v) is 4.86. The van der Waals surface area contributed by atoms with Gasteiger partial charge in [0.1, 0.15) is 0 Å². The summed E-state index contributed by atoms with van der Waals surface area (Å²) in [6, 6.07) is 11.7. The van der Waals surface area contributed by atoms with Crippen LogP contribution in [0.25, 0.3) is 0 Å². The molecule has 0 aromatic heterocycles. The number of carbonyl (C=O) groups excluding carboxylic acids is 1. The van der Waals surface area contributed by atoms with Gasteiger partial charge in [-0.15, -0.1) is 0 Å². The fourth-order valence-corrected chi connectivity index (χ4v) is 3.10. The van der Waals surface area contributed by atoms with Gasteiger partial charge in [-0.2, -0.15) is 0 Å². The summed E-state index contributed by atoms with van der Waals surface area (Å²) in [6.45, 7) is 3.36. The van der Waals surface area contributed by atoms with E-state index in [0.717, 1.165) is 33.3 Å². The van der Waals surface area contributed by atoms with Gasteiger partial charge in [0.25, 0.3) is 5.91 Å². The quantitative estimate of drug-likeness (QED) is 0.804. The van der Waals surface area contributed by atoms with Crippen LogP contribution in [0.3, 0.4) is 0 Å². The van der Waals surface area contributed by atoms with Gasteiger partial charge in [0.2, 0.25) is 0 Å². The summed E-state index contributed by atoms with van der Waals surface area (Å²) in [5, 5.41) is 0. The average Bonchev–Trinajstić information content (AvgIpc) is 2.49. The zero-order chi connectivity index (χ0) is 15.0. The van der Waals surface area contributed by atoms with Crippen LogP contribution in [0.1, 0.15) is 27.0 Å². The lowest BCUT2D eigenvalue weighted by molar-refractivity contribution is 0.0735. The highest BCUT2D eigenvalue weighted by atomic mass is 79.9. The van der Waals surface area contributed by atoms with E-state index in [1.165, 1.54) is 5.56 Å². The highest BCUT2D eigenvalue weighted by molar-refractivity contribution is 9.10. The minimum absolute atomic E-state index is 0.0729. The Balaban J connectivity index is 1.85. The summed E-state index contributed by atoms with van der Waals surface area (Å²) in [5.74, 6) is 0.0729. The number of hydrogen-bond acceptors (Lipinski definition) is 2. The number of rotatable bonds is 1. The van der Waals surface area contributed by atoms with Gasteiger partial charge in [-0.25, -0.2) is 0 Å². The second kappa shape index (κ2) is 5.53. The zero-order valence-electron chi connectivity index (χ0n) is 11.9. The molecule has 0 aliphatic carbocycles. The minimum Gasteiger partial charge on any atom is -0.398 e. The van der Waals surface area contributed by atoms with E-state index >= 15 is 0 Å². The third-order valence-electron chi connectivity index (χ3n) is 4.01. The van der Waals surface area contributed by atoms with Crippen molar-refractivity contribution >= 4 is 27.5 Å². The van der Waals surface area contributed by atoms with Crippen LogP contribution in [0, 0.1) is 6.92 Å². The number of nitrogens with two attached hydrogens (primary N) is 1. The number of aryl methyl sites for hydroxylation is 1. The number of halogens is 1. The minimum atomic E-state index is 0.0729. The molecule has 0 fully saturated rings. The van der Waals surface area contributed by atoms with E-state index in [1.807, 2.05) is 42.2 Å². The Labute approximate surface area is 132 Å². The predicted molar refractivity (Wildman–Crippen MR) is 88.2 cm³/mol. The molecule has 2 aromatic rings. The first-order chi connectivity index (χ1) is 10.1. The second-order valence-corrected chi connectivity index (χ2v) is 6.28. The van der Waals surface area contributed by atoms with Crippen molar-refractivity contribution in [1.82, 2.24) is 4.90 Å². The molecule has 0 atom stereocenters. The lowest BCUT2D eigenvalue weighted by Crippen LogP contribution is -2.36. The predicted octanol–water partition coefficient (Wildman–Crippen LogP) is 3.54. The molecule has 0 radical (unpaired) electrons.